The molecule has 0 bridgehead atoms. The second-order valence-electron chi connectivity index (χ2n) is 4.80. The van der Waals surface area contributed by atoms with Crippen molar-refractivity contribution in [2.45, 2.75) is 6.04 Å². The van der Waals surface area contributed by atoms with Crippen LogP contribution in [0.4, 0.5) is 0 Å². The van der Waals surface area contributed by atoms with E-state index in [1.165, 1.54) is 0 Å². The van der Waals surface area contributed by atoms with E-state index in [1.807, 2.05) is 36.4 Å². The van der Waals surface area contributed by atoms with Crippen molar-refractivity contribution in [3.63, 3.8) is 0 Å². The fourth-order valence-electron chi connectivity index (χ4n) is 2.11. The summed E-state index contributed by atoms with van der Waals surface area (Å²) in [6.07, 6.45) is 0. The van der Waals surface area contributed by atoms with Gasteiger partial charge in [-0.15, -0.1) is 0 Å². The van der Waals surface area contributed by atoms with Crippen LogP contribution in [0.5, 0.6) is 5.75 Å². The van der Waals surface area contributed by atoms with E-state index in [0.717, 1.165) is 16.9 Å². The molecule has 0 aliphatic heterocycles. The summed E-state index contributed by atoms with van der Waals surface area (Å²) >= 11 is 5.88. The molecular formula is C16H15ClN4O. The van der Waals surface area contributed by atoms with Crippen LogP contribution in [0.1, 0.15) is 17.4 Å². The minimum atomic E-state index is -0.378. The molecule has 3 rings (SSSR count). The monoisotopic (exact) mass is 314 g/mol. The predicted molar refractivity (Wildman–Crippen MR) is 85.9 cm³/mol. The molecule has 1 heterocycles. The first-order chi connectivity index (χ1) is 10.7. The lowest BCUT2D eigenvalue weighted by Crippen LogP contribution is -2.13. The molecule has 3 N–H and O–H groups in total. The highest BCUT2D eigenvalue weighted by Crippen LogP contribution is 2.22. The Kier molecular flexibility index (Phi) is 4.09. The molecule has 0 spiro atoms. The largest absolute Gasteiger partial charge is 0.497 e. The van der Waals surface area contributed by atoms with Gasteiger partial charge >= 0.3 is 0 Å². The van der Waals surface area contributed by atoms with Gasteiger partial charge < -0.3 is 10.5 Å². The smallest absolute Gasteiger partial charge is 0.181 e. The Labute approximate surface area is 133 Å². The summed E-state index contributed by atoms with van der Waals surface area (Å²) < 4.78 is 5.14. The average molecular weight is 315 g/mol. The molecular weight excluding hydrogens is 300 g/mol. The molecule has 1 atom stereocenters. The summed E-state index contributed by atoms with van der Waals surface area (Å²) in [6.45, 7) is 0. The Morgan fingerprint density at radius 1 is 1.09 bits per heavy atom. The van der Waals surface area contributed by atoms with E-state index >= 15 is 0 Å². The summed E-state index contributed by atoms with van der Waals surface area (Å²) in [5.41, 5.74) is 8.02. The molecule has 0 fully saturated rings. The number of methoxy groups -OCH3 is 1. The SMILES string of the molecule is COc1ccc(-c2n[nH]c([C@@H](N)c3ccc(Cl)cc3)n2)cc1. The molecule has 112 valence electrons. The van der Waals surface area contributed by atoms with Gasteiger partial charge in [0.15, 0.2) is 5.82 Å². The highest BCUT2D eigenvalue weighted by atomic mass is 35.5. The lowest BCUT2D eigenvalue weighted by atomic mass is 10.1. The average Bonchev–Trinajstić information content (AvgIpc) is 3.05. The molecule has 5 nitrogen and oxygen atoms in total. The molecule has 2 aromatic carbocycles. The van der Waals surface area contributed by atoms with Gasteiger partial charge in [-0.3, -0.25) is 5.10 Å². The van der Waals surface area contributed by atoms with Gasteiger partial charge in [-0.1, -0.05) is 23.7 Å². The van der Waals surface area contributed by atoms with Gasteiger partial charge in [0, 0.05) is 10.6 Å². The van der Waals surface area contributed by atoms with Gasteiger partial charge in [0.05, 0.1) is 13.2 Å². The summed E-state index contributed by atoms with van der Waals surface area (Å²) in [5, 5.41) is 7.79. The Hall–Kier alpha value is -2.37. The Balaban J connectivity index is 1.84. The Morgan fingerprint density at radius 3 is 2.41 bits per heavy atom. The number of nitrogens with two attached hydrogens (primary N) is 1. The van der Waals surface area contributed by atoms with Crippen molar-refractivity contribution in [2.24, 2.45) is 5.73 Å². The first kappa shape index (κ1) is 14.6. The zero-order valence-electron chi connectivity index (χ0n) is 12.0. The number of benzene rings is 2. The normalized spacial score (nSPS) is 12.1. The number of aromatic amines is 1. The first-order valence-corrected chi connectivity index (χ1v) is 7.13. The van der Waals surface area contributed by atoms with Gasteiger partial charge in [0.1, 0.15) is 11.6 Å². The van der Waals surface area contributed by atoms with Crippen LogP contribution in [0, 0.1) is 0 Å². The molecule has 1 aromatic heterocycles. The Bertz CT molecular complexity index is 753. The van der Waals surface area contributed by atoms with E-state index in [2.05, 4.69) is 15.2 Å². The minimum Gasteiger partial charge on any atom is -0.497 e. The van der Waals surface area contributed by atoms with Gasteiger partial charge in [-0.2, -0.15) is 5.10 Å². The first-order valence-electron chi connectivity index (χ1n) is 6.75. The van der Waals surface area contributed by atoms with Gasteiger partial charge in [-0.05, 0) is 42.0 Å². The van der Waals surface area contributed by atoms with E-state index in [0.29, 0.717) is 16.7 Å². The standard InChI is InChI=1S/C16H15ClN4O/c1-22-13-8-4-11(5-9-13)15-19-16(21-20-15)14(18)10-2-6-12(17)7-3-10/h2-9,14H,18H2,1H3,(H,19,20,21)/t14-/m0/s1. The van der Waals surface area contributed by atoms with E-state index in [1.54, 1.807) is 19.2 Å². The van der Waals surface area contributed by atoms with Crippen LogP contribution in [0.15, 0.2) is 48.5 Å². The molecule has 0 saturated heterocycles. The van der Waals surface area contributed by atoms with Crippen LogP contribution in [0.25, 0.3) is 11.4 Å². The molecule has 0 amide bonds. The van der Waals surface area contributed by atoms with Crippen molar-refractivity contribution in [1.82, 2.24) is 15.2 Å². The molecule has 0 unspecified atom stereocenters. The number of nitrogens with one attached hydrogen (secondary N) is 1. The van der Waals surface area contributed by atoms with Crippen LogP contribution in [-0.2, 0) is 0 Å². The van der Waals surface area contributed by atoms with Gasteiger partial charge in [0.25, 0.3) is 0 Å². The van der Waals surface area contributed by atoms with Crippen molar-refractivity contribution in [3.05, 3.63) is 64.9 Å². The van der Waals surface area contributed by atoms with Gasteiger partial charge in [-0.25, -0.2) is 4.98 Å². The van der Waals surface area contributed by atoms with E-state index in [4.69, 9.17) is 22.1 Å². The van der Waals surface area contributed by atoms with E-state index < -0.39 is 0 Å². The highest BCUT2D eigenvalue weighted by Gasteiger charge is 2.14. The molecule has 0 saturated carbocycles. The maximum absolute atomic E-state index is 6.21. The number of aromatic nitrogens is 3. The summed E-state index contributed by atoms with van der Waals surface area (Å²) in [4.78, 5) is 4.47. The third-order valence-electron chi connectivity index (χ3n) is 3.37. The van der Waals surface area contributed by atoms with Crippen molar-refractivity contribution in [1.29, 1.82) is 0 Å². The summed E-state index contributed by atoms with van der Waals surface area (Å²) in [6, 6.07) is 14.5. The molecule has 3 aromatic rings. The number of halogens is 1. The third kappa shape index (κ3) is 2.95. The van der Waals surface area contributed by atoms with Crippen molar-refractivity contribution >= 4 is 11.6 Å². The summed E-state index contributed by atoms with van der Waals surface area (Å²) in [5.74, 6) is 1.99. The van der Waals surface area contributed by atoms with Crippen molar-refractivity contribution in [2.75, 3.05) is 7.11 Å². The number of hydrogen-bond donors (Lipinski definition) is 2. The molecule has 6 heteroatoms. The summed E-state index contributed by atoms with van der Waals surface area (Å²) in [7, 11) is 1.63. The third-order valence-corrected chi connectivity index (χ3v) is 3.63. The number of ether oxygens (including phenoxy) is 1. The number of H-pyrrole nitrogens is 1. The lowest BCUT2D eigenvalue weighted by Gasteiger charge is -2.08. The van der Waals surface area contributed by atoms with Crippen molar-refractivity contribution < 1.29 is 4.74 Å². The topological polar surface area (TPSA) is 76.8 Å². The van der Waals surface area contributed by atoms with Crippen LogP contribution in [0.2, 0.25) is 5.02 Å². The second-order valence-corrected chi connectivity index (χ2v) is 5.24. The van der Waals surface area contributed by atoms with Crippen LogP contribution >= 0.6 is 11.6 Å². The lowest BCUT2D eigenvalue weighted by molar-refractivity contribution is 0.415. The van der Waals surface area contributed by atoms with Crippen molar-refractivity contribution in [3.8, 4) is 17.1 Å². The van der Waals surface area contributed by atoms with E-state index in [-0.39, 0.29) is 6.04 Å². The number of hydrogen-bond acceptors (Lipinski definition) is 4. The maximum Gasteiger partial charge on any atom is 0.181 e. The number of rotatable bonds is 4. The molecule has 0 aliphatic carbocycles. The molecule has 22 heavy (non-hydrogen) atoms. The predicted octanol–water partition coefficient (Wildman–Crippen LogP) is 3.18. The zero-order chi connectivity index (χ0) is 15.5. The van der Waals surface area contributed by atoms with Gasteiger partial charge in [0.2, 0.25) is 0 Å². The fraction of sp³-hybridized carbons (Fsp3) is 0.125. The minimum absolute atomic E-state index is 0.378. The Morgan fingerprint density at radius 2 is 1.77 bits per heavy atom. The maximum atomic E-state index is 6.21. The second kappa shape index (κ2) is 6.17. The molecule has 0 radical (unpaired) electrons. The van der Waals surface area contributed by atoms with Crippen LogP contribution < -0.4 is 10.5 Å². The van der Waals surface area contributed by atoms with E-state index in [9.17, 15) is 0 Å². The molecule has 0 aliphatic rings. The van der Waals surface area contributed by atoms with Crippen LogP contribution in [0.3, 0.4) is 0 Å². The highest BCUT2D eigenvalue weighted by molar-refractivity contribution is 6.30. The fourth-order valence-corrected chi connectivity index (χ4v) is 2.24. The zero-order valence-corrected chi connectivity index (χ0v) is 12.7. The number of nitrogens with zero attached hydrogens (tertiary/aromatic N) is 2. The quantitative estimate of drug-likeness (QED) is 0.775. The van der Waals surface area contributed by atoms with Crippen LogP contribution in [-0.4, -0.2) is 22.3 Å².